The summed E-state index contributed by atoms with van der Waals surface area (Å²) in [4.78, 5) is 57.6. The highest BCUT2D eigenvalue weighted by atomic mass is 32.1. The Kier molecular flexibility index (Phi) is 5.81. The third kappa shape index (κ3) is 4.17. The van der Waals surface area contributed by atoms with Gasteiger partial charge in [-0.05, 0) is 43.7 Å². The first-order chi connectivity index (χ1) is 16.8. The third-order valence-electron chi connectivity index (χ3n) is 6.03. The predicted molar refractivity (Wildman–Crippen MR) is 131 cm³/mol. The van der Waals surface area contributed by atoms with Crippen molar-refractivity contribution in [3.8, 4) is 17.0 Å². The maximum Gasteiger partial charge on any atom is 0.264 e. The summed E-state index contributed by atoms with van der Waals surface area (Å²) in [5.41, 5.74) is 3.00. The number of imide groups is 1. The van der Waals surface area contributed by atoms with Crippen LogP contribution in [0.5, 0.6) is 5.75 Å². The number of aryl methyl sites for hydroxylation is 1. The molecule has 0 saturated heterocycles. The molecule has 4 amide bonds. The molecule has 10 heteroatoms. The molecule has 35 heavy (non-hydrogen) atoms. The number of carbonyl (C=O) groups is 4. The molecule has 0 fully saturated rings. The summed E-state index contributed by atoms with van der Waals surface area (Å²) in [5, 5.41) is 3.27. The summed E-state index contributed by atoms with van der Waals surface area (Å²) in [6, 6.07) is 12.2. The number of thiazole rings is 1. The molecule has 0 unspecified atom stereocenters. The summed E-state index contributed by atoms with van der Waals surface area (Å²) in [6.07, 6.45) is 0.490. The number of hydrogen-bond donors (Lipinski definition) is 1. The van der Waals surface area contributed by atoms with Gasteiger partial charge in [-0.1, -0.05) is 12.1 Å². The first-order valence-electron chi connectivity index (χ1n) is 11.1. The van der Waals surface area contributed by atoms with Gasteiger partial charge in [-0.2, -0.15) is 0 Å². The normalized spacial score (nSPS) is 14.6. The molecule has 0 saturated carbocycles. The Morgan fingerprint density at radius 2 is 1.83 bits per heavy atom. The number of anilines is 2. The van der Waals surface area contributed by atoms with Crippen LogP contribution in [0.25, 0.3) is 11.3 Å². The van der Waals surface area contributed by atoms with Crippen molar-refractivity contribution in [2.75, 3.05) is 30.4 Å². The minimum absolute atomic E-state index is 0.0156. The molecular weight excluding hydrogens is 468 g/mol. The molecule has 1 aromatic heterocycles. The standard InChI is InChI=1S/C25H22N4O5S/c1-14-22(15-9-10-19-18(12-15)28(2)21(31)13-34-19)27-25(35-14)26-20(30)8-5-11-29-23(32)16-6-3-4-7-17(16)24(29)33/h3-4,6-7,9-10,12H,5,8,11,13H2,1-2H3,(H,26,27,30). The molecule has 0 aliphatic carbocycles. The maximum absolute atomic E-state index is 12.5. The minimum Gasteiger partial charge on any atom is -0.482 e. The molecule has 3 aromatic rings. The lowest BCUT2D eigenvalue weighted by Crippen LogP contribution is -2.35. The summed E-state index contributed by atoms with van der Waals surface area (Å²) < 4.78 is 5.48. The molecule has 0 spiro atoms. The van der Waals surface area contributed by atoms with Crippen molar-refractivity contribution < 1.29 is 23.9 Å². The van der Waals surface area contributed by atoms with Crippen LogP contribution in [0.2, 0.25) is 0 Å². The highest BCUT2D eigenvalue weighted by molar-refractivity contribution is 7.16. The summed E-state index contributed by atoms with van der Waals surface area (Å²) >= 11 is 1.35. The first kappa shape index (κ1) is 22.7. The SMILES string of the molecule is Cc1sc(NC(=O)CCCN2C(=O)c3ccccc3C2=O)nc1-c1ccc2c(c1)N(C)C(=O)CO2. The van der Waals surface area contributed by atoms with Gasteiger partial charge in [0.15, 0.2) is 11.7 Å². The zero-order valence-electron chi connectivity index (χ0n) is 19.2. The van der Waals surface area contributed by atoms with Crippen LogP contribution in [0.4, 0.5) is 10.8 Å². The Labute approximate surface area is 205 Å². The van der Waals surface area contributed by atoms with E-state index in [4.69, 9.17) is 4.74 Å². The van der Waals surface area contributed by atoms with Crippen LogP contribution in [0.15, 0.2) is 42.5 Å². The van der Waals surface area contributed by atoms with Crippen molar-refractivity contribution in [1.29, 1.82) is 0 Å². The van der Waals surface area contributed by atoms with Crippen LogP contribution >= 0.6 is 11.3 Å². The molecule has 3 heterocycles. The zero-order chi connectivity index (χ0) is 24.7. The second-order valence-electron chi connectivity index (χ2n) is 8.31. The van der Waals surface area contributed by atoms with E-state index in [0.29, 0.717) is 39.8 Å². The van der Waals surface area contributed by atoms with Crippen LogP contribution < -0.4 is 15.0 Å². The number of nitrogens with one attached hydrogen (secondary N) is 1. The molecule has 5 rings (SSSR count). The highest BCUT2D eigenvalue weighted by Gasteiger charge is 2.34. The van der Waals surface area contributed by atoms with E-state index in [1.165, 1.54) is 16.2 Å². The largest absolute Gasteiger partial charge is 0.482 e. The number of rotatable bonds is 6. The molecule has 0 radical (unpaired) electrons. The van der Waals surface area contributed by atoms with E-state index in [1.807, 2.05) is 25.1 Å². The quantitative estimate of drug-likeness (QED) is 0.530. The lowest BCUT2D eigenvalue weighted by atomic mass is 10.1. The lowest BCUT2D eigenvalue weighted by molar-refractivity contribution is -0.121. The van der Waals surface area contributed by atoms with E-state index >= 15 is 0 Å². The van der Waals surface area contributed by atoms with Gasteiger partial charge in [0.2, 0.25) is 5.91 Å². The summed E-state index contributed by atoms with van der Waals surface area (Å²) in [6.45, 7) is 2.10. The molecule has 0 bridgehead atoms. The van der Waals surface area contributed by atoms with Crippen molar-refractivity contribution in [2.24, 2.45) is 0 Å². The van der Waals surface area contributed by atoms with Crippen molar-refractivity contribution in [1.82, 2.24) is 9.88 Å². The lowest BCUT2D eigenvalue weighted by Gasteiger charge is -2.26. The third-order valence-corrected chi connectivity index (χ3v) is 6.91. The highest BCUT2D eigenvalue weighted by Crippen LogP contribution is 2.38. The number of ether oxygens (including phenoxy) is 1. The number of amides is 4. The molecule has 0 atom stereocenters. The van der Waals surface area contributed by atoms with Crippen LogP contribution in [0, 0.1) is 6.92 Å². The maximum atomic E-state index is 12.5. The van der Waals surface area contributed by atoms with E-state index in [2.05, 4.69) is 10.3 Å². The van der Waals surface area contributed by atoms with Gasteiger partial charge in [-0.15, -0.1) is 11.3 Å². The Morgan fingerprint density at radius 3 is 2.54 bits per heavy atom. The number of benzene rings is 2. The second-order valence-corrected chi connectivity index (χ2v) is 9.51. The fourth-order valence-electron chi connectivity index (χ4n) is 4.16. The fourth-order valence-corrected chi connectivity index (χ4v) is 5.01. The summed E-state index contributed by atoms with van der Waals surface area (Å²) in [7, 11) is 1.70. The Balaban J connectivity index is 1.21. The second kappa shape index (κ2) is 8.95. The number of carbonyl (C=O) groups excluding carboxylic acids is 4. The first-order valence-corrected chi connectivity index (χ1v) is 11.9. The predicted octanol–water partition coefficient (Wildman–Crippen LogP) is 3.49. The van der Waals surface area contributed by atoms with Crippen LogP contribution in [0.3, 0.4) is 0 Å². The molecule has 1 N–H and O–H groups in total. The smallest absolute Gasteiger partial charge is 0.264 e. The minimum atomic E-state index is -0.325. The molecule has 9 nitrogen and oxygen atoms in total. The molecule has 2 aliphatic rings. The average molecular weight is 491 g/mol. The monoisotopic (exact) mass is 490 g/mol. The number of nitrogens with zero attached hydrogens (tertiary/aromatic N) is 3. The van der Waals surface area contributed by atoms with Crippen molar-refractivity contribution in [3.63, 3.8) is 0 Å². The Hall–Kier alpha value is -4.05. The van der Waals surface area contributed by atoms with Crippen molar-refractivity contribution >= 4 is 45.8 Å². The number of aromatic nitrogens is 1. The van der Waals surface area contributed by atoms with Gasteiger partial charge in [0.1, 0.15) is 5.75 Å². The molecule has 178 valence electrons. The van der Waals surface area contributed by atoms with E-state index in [1.54, 1.807) is 36.2 Å². The van der Waals surface area contributed by atoms with E-state index < -0.39 is 0 Å². The van der Waals surface area contributed by atoms with Gasteiger partial charge in [0.05, 0.1) is 22.5 Å². The zero-order valence-corrected chi connectivity index (χ0v) is 20.0. The van der Waals surface area contributed by atoms with Gasteiger partial charge >= 0.3 is 0 Å². The van der Waals surface area contributed by atoms with Crippen molar-refractivity contribution in [2.45, 2.75) is 19.8 Å². The van der Waals surface area contributed by atoms with Gasteiger partial charge in [0, 0.05) is 30.5 Å². The number of likely N-dealkylation sites (N-methyl/N-ethyl adjacent to an activating group) is 1. The van der Waals surface area contributed by atoms with Crippen LogP contribution in [-0.4, -0.2) is 53.7 Å². The van der Waals surface area contributed by atoms with Crippen molar-refractivity contribution in [3.05, 3.63) is 58.5 Å². The molecular formula is C25H22N4O5S. The van der Waals surface area contributed by atoms with E-state index in [-0.39, 0.29) is 43.2 Å². The van der Waals surface area contributed by atoms with Gasteiger partial charge in [-0.3, -0.25) is 24.1 Å². The Morgan fingerprint density at radius 1 is 1.11 bits per heavy atom. The summed E-state index contributed by atoms with van der Waals surface area (Å²) in [5.74, 6) is -0.386. The number of hydrogen-bond acceptors (Lipinski definition) is 7. The number of fused-ring (bicyclic) bond motifs is 2. The van der Waals surface area contributed by atoms with E-state index in [9.17, 15) is 19.2 Å². The molecule has 2 aliphatic heterocycles. The molecule has 2 aromatic carbocycles. The van der Waals surface area contributed by atoms with E-state index in [0.717, 1.165) is 10.4 Å². The van der Waals surface area contributed by atoms with Gasteiger partial charge in [0.25, 0.3) is 17.7 Å². The van der Waals surface area contributed by atoms with Crippen LogP contribution in [-0.2, 0) is 9.59 Å². The average Bonchev–Trinajstić information content (AvgIpc) is 3.33. The van der Waals surface area contributed by atoms with Crippen LogP contribution in [0.1, 0.15) is 38.4 Å². The Bertz CT molecular complexity index is 1350. The van der Waals surface area contributed by atoms with Gasteiger partial charge < -0.3 is 15.0 Å². The van der Waals surface area contributed by atoms with Gasteiger partial charge in [-0.25, -0.2) is 4.98 Å². The fraction of sp³-hybridized carbons (Fsp3) is 0.240. The topological polar surface area (TPSA) is 109 Å².